The number of hydrogen-bond donors (Lipinski definition) is 0. The first-order valence-electron chi connectivity index (χ1n) is 8.33. The van der Waals surface area contributed by atoms with Crippen molar-refractivity contribution in [2.24, 2.45) is 7.05 Å². The molecular formula is C17H22N4O2S. The molecule has 0 aliphatic carbocycles. The average Bonchev–Trinajstić information content (AvgIpc) is 3.26. The Labute approximate surface area is 145 Å². The predicted molar refractivity (Wildman–Crippen MR) is 92.1 cm³/mol. The number of aromatic nitrogens is 3. The molecular weight excluding hydrogens is 324 g/mol. The third-order valence-corrected chi connectivity index (χ3v) is 5.39. The molecule has 0 spiro atoms. The number of thiophene rings is 1. The fourth-order valence-electron chi connectivity index (χ4n) is 3.19. The molecule has 0 N–H and O–H groups in total. The Morgan fingerprint density at radius 3 is 2.96 bits per heavy atom. The van der Waals surface area contributed by atoms with Crippen LogP contribution in [0.15, 0.2) is 23.8 Å². The first-order valence-corrected chi connectivity index (χ1v) is 9.21. The molecule has 3 rings (SSSR count). The number of hydrogen-bond acceptors (Lipinski definition) is 5. The number of likely N-dealkylation sites (tertiary alicyclic amines) is 1. The van der Waals surface area contributed by atoms with Gasteiger partial charge in [-0.2, -0.15) is 0 Å². The van der Waals surface area contributed by atoms with Gasteiger partial charge in [-0.25, -0.2) is 0 Å². The van der Waals surface area contributed by atoms with E-state index < -0.39 is 0 Å². The Morgan fingerprint density at radius 2 is 2.25 bits per heavy atom. The van der Waals surface area contributed by atoms with Gasteiger partial charge in [0.15, 0.2) is 5.78 Å². The minimum absolute atomic E-state index is 0.133. The van der Waals surface area contributed by atoms with Crippen molar-refractivity contribution in [3.05, 3.63) is 34.5 Å². The van der Waals surface area contributed by atoms with Crippen LogP contribution in [0.25, 0.3) is 0 Å². The second-order valence-corrected chi connectivity index (χ2v) is 7.18. The molecule has 1 amide bonds. The molecule has 128 valence electrons. The monoisotopic (exact) mass is 346 g/mol. The average molecular weight is 346 g/mol. The van der Waals surface area contributed by atoms with E-state index in [-0.39, 0.29) is 17.6 Å². The summed E-state index contributed by atoms with van der Waals surface area (Å²) >= 11 is 1.46. The summed E-state index contributed by atoms with van der Waals surface area (Å²) in [4.78, 5) is 27.1. The van der Waals surface area contributed by atoms with Crippen LogP contribution < -0.4 is 0 Å². The smallest absolute Gasteiger partial charge is 0.222 e. The molecule has 1 fully saturated rings. The summed E-state index contributed by atoms with van der Waals surface area (Å²) in [6, 6.07) is 3.72. The molecule has 1 aliphatic heterocycles. The predicted octanol–water partition coefficient (Wildman–Crippen LogP) is 2.64. The van der Waals surface area contributed by atoms with Crippen molar-refractivity contribution < 1.29 is 9.59 Å². The highest BCUT2D eigenvalue weighted by Gasteiger charge is 2.27. The number of Topliss-reactive ketones (excluding diaryl/α,β-unsaturated/α-hetero) is 1. The first kappa shape index (κ1) is 16.8. The second kappa shape index (κ2) is 7.70. The zero-order valence-corrected chi connectivity index (χ0v) is 14.7. The van der Waals surface area contributed by atoms with Crippen LogP contribution in [0.3, 0.4) is 0 Å². The molecule has 0 bridgehead atoms. The SMILES string of the molecule is Cn1cnnc1[C@H]1CCCN(C(=O)CCCC(=O)c2cccs2)C1. The van der Waals surface area contributed by atoms with E-state index in [2.05, 4.69) is 10.2 Å². The Hall–Kier alpha value is -2.02. The third kappa shape index (κ3) is 3.90. The Kier molecular flexibility index (Phi) is 5.40. The van der Waals surface area contributed by atoms with Crippen LogP contribution in [-0.4, -0.2) is 44.4 Å². The van der Waals surface area contributed by atoms with E-state index in [4.69, 9.17) is 0 Å². The number of aryl methyl sites for hydroxylation is 1. The number of ketones is 1. The Morgan fingerprint density at radius 1 is 1.38 bits per heavy atom. The summed E-state index contributed by atoms with van der Waals surface area (Å²) in [5, 5.41) is 10.0. The van der Waals surface area contributed by atoms with Crippen LogP contribution in [-0.2, 0) is 11.8 Å². The minimum atomic E-state index is 0.133. The molecule has 0 aromatic carbocycles. The van der Waals surface area contributed by atoms with Crippen molar-refractivity contribution in [3.63, 3.8) is 0 Å². The Bertz CT molecular complexity index is 695. The standard InChI is InChI=1S/C17H22N4O2S/c1-20-12-18-19-17(20)13-5-3-9-21(11-13)16(23)8-2-6-14(22)15-7-4-10-24-15/h4,7,10,12-13H,2-3,5-6,8-9,11H2,1H3/t13-/m0/s1. The normalized spacial score (nSPS) is 17.9. The highest BCUT2D eigenvalue weighted by Crippen LogP contribution is 2.25. The van der Waals surface area contributed by atoms with E-state index in [0.717, 1.165) is 30.1 Å². The lowest BCUT2D eigenvalue weighted by Crippen LogP contribution is -2.39. The van der Waals surface area contributed by atoms with Gasteiger partial charge in [0.2, 0.25) is 5.91 Å². The number of nitrogens with zero attached hydrogens (tertiary/aromatic N) is 4. The number of carbonyl (C=O) groups excluding carboxylic acids is 2. The molecule has 3 heterocycles. The van der Waals surface area contributed by atoms with Crippen molar-refractivity contribution in [3.8, 4) is 0 Å². The molecule has 0 radical (unpaired) electrons. The van der Waals surface area contributed by atoms with E-state index in [1.807, 2.05) is 34.0 Å². The molecule has 2 aromatic rings. The van der Waals surface area contributed by atoms with Crippen molar-refractivity contribution in [1.82, 2.24) is 19.7 Å². The zero-order chi connectivity index (χ0) is 16.9. The van der Waals surface area contributed by atoms with E-state index in [1.54, 1.807) is 6.33 Å². The van der Waals surface area contributed by atoms with Crippen LogP contribution in [0.1, 0.15) is 53.5 Å². The molecule has 1 atom stereocenters. The van der Waals surface area contributed by atoms with Crippen molar-refractivity contribution >= 4 is 23.0 Å². The third-order valence-electron chi connectivity index (χ3n) is 4.48. The molecule has 7 heteroatoms. The molecule has 1 aliphatic rings. The van der Waals surface area contributed by atoms with Gasteiger partial charge >= 0.3 is 0 Å². The van der Waals surface area contributed by atoms with Gasteiger partial charge in [-0.1, -0.05) is 6.07 Å². The molecule has 0 unspecified atom stereocenters. The van der Waals surface area contributed by atoms with Crippen LogP contribution >= 0.6 is 11.3 Å². The minimum Gasteiger partial charge on any atom is -0.342 e. The molecule has 24 heavy (non-hydrogen) atoms. The summed E-state index contributed by atoms with van der Waals surface area (Å²) in [5.41, 5.74) is 0. The summed E-state index contributed by atoms with van der Waals surface area (Å²) in [6.45, 7) is 1.50. The van der Waals surface area contributed by atoms with Gasteiger partial charge in [0.1, 0.15) is 12.2 Å². The number of carbonyl (C=O) groups is 2. The van der Waals surface area contributed by atoms with E-state index >= 15 is 0 Å². The quantitative estimate of drug-likeness (QED) is 0.754. The van der Waals surface area contributed by atoms with E-state index in [0.29, 0.717) is 25.8 Å². The second-order valence-electron chi connectivity index (χ2n) is 6.23. The fraction of sp³-hybridized carbons (Fsp3) is 0.529. The maximum Gasteiger partial charge on any atom is 0.222 e. The molecule has 2 aromatic heterocycles. The van der Waals surface area contributed by atoms with Crippen LogP contribution in [0.2, 0.25) is 0 Å². The summed E-state index contributed by atoms with van der Waals surface area (Å²) in [6.07, 6.45) is 5.20. The number of amides is 1. The summed E-state index contributed by atoms with van der Waals surface area (Å²) in [7, 11) is 1.94. The van der Waals surface area contributed by atoms with Crippen LogP contribution in [0.5, 0.6) is 0 Å². The first-order chi connectivity index (χ1) is 11.6. The summed E-state index contributed by atoms with van der Waals surface area (Å²) in [5.74, 6) is 1.47. The topological polar surface area (TPSA) is 68.1 Å². The number of piperidine rings is 1. The van der Waals surface area contributed by atoms with Gasteiger partial charge < -0.3 is 9.47 Å². The highest BCUT2D eigenvalue weighted by molar-refractivity contribution is 7.12. The van der Waals surface area contributed by atoms with Crippen LogP contribution in [0.4, 0.5) is 0 Å². The summed E-state index contributed by atoms with van der Waals surface area (Å²) < 4.78 is 1.93. The van der Waals surface area contributed by atoms with Crippen molar-refractivity contribution in [2.45, 2.75) is 38.0 Å². The van der Waals surface area contributed by atoms with Crippen LogP contribution in [0, 0.1) is 0 Å². The lowest BCUT2D eigenvalue weighted by Gasteiger charge is -2.32. The maximum absolute atomic E-state index is 12.4. The van der Waals surface area contributed by atoms with Gasteiger partial charge in [0.05, 0.1) is 4.88 Å². The van der Waals surface area contributed by atoms with Gasteiger partial charge in [-0.3, -0.25) is 9.59 Å². The zero-order valence-electron chi connectivity index (χ0n) is 13.9. The lowest BCUT2D eigenvalue weighted by atomic mass is 9.96. The van der Waals surface area contributed by atoms with Gasteiger partial charge in [-0.15, -0.1) is 21.5 Å². The fourth-order valence-corrected chi connectivity index (χ4v) is 3.89. The molecule has 6 nitrogen and oxygen atoms in total. The molecule has 1 saturated heterocycles. The van der Waals surface area contributed by atoms with E-state index in [9.17, 15) is 9.59 Å². The lowest BCUT2D eigenvalue weighted by molar-refractivity contribution is -0.132. The maximum atomic E-state index is 12.4. The van der Waals surface area contributed by atoms with Crippen molar-refractivity contribution in [2.75, 3.05) is 13.1 Å². The van der Waals surface area contributed by atoms with Crippen molar-refractivity contribution in [1.29, 1.82) is 0 Å². The van der Waals surface area contributed by atoms with Gasteiger partial charge in [0, 0.05) is 38.9 Å². The largest absolute Gasteiger partial charge is 0.342 e. The highest BCUT2D eigenvalue weighted by atomic mass is 32.1. The number of rotatable bonds is 6. The van der Waals surface area contributed by atoms with Gasteiger partial charge in [-0.05, 0) is 30.7 Å². The van der Waals surface area contributed by atoms with E-state index in [1.165, 1.54) is 11.3 Å². The van der Waals surface area contributed by atoms with Gasteiger partial charge in [0.25, 0.3) is 0 Å². The Balaban J connectivity index is 1.48. The molecule has 0 saturated carbocycles.